The van der Waals surface area contributed by atoms with Crippen molar-refractivity contribution in [2.24, 2.45) is 0 Å². The van der Waals surface area contributed by atoms with Gasteiger partial charge in [-0.2, -0.15) is 0 Å². The van der Waals surface area contributed by atoms with Crippen LogP contribution in [0.4, 0.5) is 5.69 Å². The lowest BCUT2D eigenvalue weighted by Gasteiger charge is -2.27. The molecule has 12 heteroatoms. The molecule has 226 valence electrons. The normalized spacial score (nSPS) is 18.4. The summed E-state index contributed by atoms with van der Waals surface area (Å²) in [6.45, 7) is 2.51. The van der Waals surface area contributed by atoms with Crippen molar-refractivity contribution in [2.45, 2.75) is 55.5 Å². The number of anilines is 1. The van der Waals surface area contributed by atoms with E-state index in [9.17, 15) is 13.2 Å². The summed E-state index contributed by atoms with van der Waals surface area (Å²) in [7, 11) is -2.16. The number of unbranched alkanes of at least 4 members (excludes halogenated alkanes) is 3. The highest BCUT2D eigenvalue weighted by Crippen LogP contribution is 2.40. The number of aromatic nitrogens is 1. The molecule has 42 heavy (non-hydrogen) atoms. The average Bonchev–Trinajstić information content (AvgIpc) is 3.00. The number of pyridine rings is 1. The molecule has 0 saturated carbocycles. The number of para-hydroxylation sites is 1. The largest absolute Gasteiger partial charge is 0.490 e. The zero-order valence-electron chi connectivity index (χ0n) is 23.4. The lowest BCUT2D eigenvalue weighted by atomic mass is 9.96. The Morgan fingerprint density at radius 3 is 2.55 bits per heavy atom. The lowest BCUT2D eigenvalue weighted by Crippen LogP contribution is -2.46. The van der Waals surface area contributed by atoms with Crippen LogP contribution in [0.3, 0.4) is 0 Å². The van der Waals surface area contributed by atoms with Gasteiger partial charge in [-0.25, -0.2) is 13.4 Å². The summed E-state index contributed by atoms with van der Waals surface area (Å²) < 4.78 is 33.2. The number of aliphatic carboxylic acids is 1. The number of hydrogen-bond donors (Lipinski definition) is 3. The number of halogens is 2. The molecule has 0 spiro atoms. The third-order valence-corrected chi connectivity index (χ3v) is 9.54. The molecule has 2 aliphatic rings. The first-order valence-corrected chi connectivity index (χ1v) is 16.2. The number of rotatable bonds is 11. The number of fused-ring (bicyclic) bond motifs is 2. The van der Waals surface area contributed by atoms with Crippen molar-refractivity contribution in [2.75, 3.05) is 31.0 Å². The molecule has 9 nitrogen and oxygen atoms in total. The Hall–Kier alpha value is -2.89. The molecular formula is C30H36Cl2N4O5S. The van der Waals surface area contributed by atoms with Gasteiger partial charge in [-0.1, -0.05) is 60.3 Å². The van der Waals surface area contributed by atoms with Crippen LogP contribution in [0.25, 0.3) is 0 Å². The fourth-order valence-corrected chi connectivity index (χ4v) is 6.62. The number of carbonyl (C=O) groups is 1. The lowest BCUT2D eigenvalue weighted by molar-refractivity contribution is -0.137. The Labute approximate surface area is 257 Å². The van der Waals surface area contributed by atoms with Gasteiger partial charge < -0.3 is 20.5 Å². The van der Waals surface area contributed by atoms with Crippen LogP contribution in [-0.4, -0.2) is 57.3 Å². The summed E-state index contributed by atoms with van der Waals surface area (Å²) >= 11 is 11.8. The molecule has 5 rings (SSSR count). The molecule has 2 aromatic carbocycles. The van der Waals surface area contributed by atoms with E-state index in [1.165, 1.54) is 16.8 Å². The number of nitrogens with one attached hydrogen (secondary N) is 2. The molecule has 3 N–H and O–H groups in total. The summed E-state index contributed by atoms with van der Waals surface area (Å²) in [5, 5.41) is 16.3. The van der Waals surface area contributed by atoms with Crippen LogP contribution in [0.1, 0.15) is 55.7 Å². The maximum absolute atomic E-state index is 13.2. The molecule has 0 bridgehead atoms. The Balaban J connectivity index is 0.000000258. The van der Waals surface area contributed by atoms with Crippen LogP contribution in [0, 0.1) is 0 Å². The highest BCUT2D eigenvalue weighted by molar-refractivity contribution is 7.92. The van der Waals surface area contributed by atoms with E-state index >= 15 is 0 Å². The quantitative estimate of drug-likeness (QED) is 0.182. The van der Waals surface area contributed by atoms with Gasteiger partial charge in [-0.15, -0.1) is 0 Å². The molecule has 2 atom stereocenters. The van der Waals surface area contributed by atoms with Crippen LogP contribution in [-0.2, 0) is 14.8 Å². The smallest absolute Gasteiger partial charge is 0.303 e. The Bertz CT molecular complexity index is 1450. The van der Waals surface area contributed by atoms with Gasteiger partial charge in [0.1, 0.15) is 17.5 Å². The minimum atomic E-state index is -3.72. The van der Waals surface area contributed by atoms with Gasteiger partial charge in [0.2, 0.25) is 0 Å². The number of ether oxygens (including phenoxy) is 1. The molecule has 0 aliphatic carbocycles. The Morgan fingerprint density at radius 1 is 1.10 bits per heavy atom. The SMILES string of the molecule is CN1c2ccccc2C(NCCCCCCC(=O)O)c2ccc(Cl)cc2S1(=O)=O.Clc1ccc(OC[C@H]2CCN2)cn1. The van der Waals surface area contributed by atoms with Crippen LogP contribution >= 0.6 is 23.2 Å². The van der Waals surface area contributed by atoms with Gasteiger partial charge in [-0.05, 0) is 73.8 Å². The van der Waals surface area contributed by atoms with E-state index in [-0.39, 0.29) is 17.4 Å². The van der Waals surface area contributed by atoms with Crippen molar-refractivity contribution in [3.63, 3.8) is 0 Å². The van der Waals surface area contributed by atoms with E-state index in [1.54, 1.807) is 37.5 Å². The van der Waals surface area contributed by atoms with Crippen molar-refractivity contribution in [1.29, 1.82) is 0 Å². The zero-order chi connectivity index (χ0) is 30.1. The maximum Gasteiger partial charge on any atom is 0.303 e. The molecule has 0 radical (unpaired) electrons. The minimum Gasteiger partial charge on any atom is -0.490 e. The second kappa shape index (κ2) is 15.0. The average molecular weight is 636 g/mol. The number of nitrogens with zero attached hydrogens (tertiary/aromatic N) is 2. The van der Waals surface area contributed by atoms with Gasteiger partial charge in [-0.3, -0.25) is 9.10 Å². The highest BCUT2D eigenvalue weighted by Gasteiger charge is 2.34. The predicted molar refractivity (Wildman–Crippen MR) is 165 cm³/mol. The first kappa shape index (κ1) is 32.0. The summed E-state index contributed by atoms with van der Waals surface area (Å²) in [5.41, 5.74) is 2.21. The molecule has 3 aromatic rings. The second-order valence-electron chi connectivity index (χ2n) is 10.2. The molecule has 0 amide bonds. The molecule has 1 fully saturated rings. The Morgan fingerprint density at radius 2 is 1.86 bits per heavy atom. The van der Waals surface area contributed by atoms with Crippen molar-refractivity contribution < 1.29 is 23.1 Å². The van der Waals surface area contributed by atoms with E-state index in [1.807, 2.05) is 24.3 Å². The molecule has 1 saturated heterocycles. The van der Waals surface area contributed by atoms with E-state index in [4.69, 9.17) is 33.0 Å². The van der Waals surface area contributed by atoms with Crippen molar-refractivity contribution in [1.82, 2.24) is 15.6 Å². The molecular weight excluding hydrogens is 599 g/mol. The molecule has 2 aliphatic heterocycles. The summed E-state index contributed by atoms with van der Waals surface area (Å²) in [5.74, 6) is 0.0110. The number of sulfonamides is 1. The monoisotopic (exact) mass is 634 g/mol. The number of carboxylic acid groups (broad SMARTS) is 1. The molecule has 3 heterocycles. The van der Waals surface area contributed by atoms with E-state index < -0.39 is 16.0 Å². The zero-order valence-corrected chi connectivity index (χ0v) is 25.8. The Kier molecular flexibility index (Phi) is 11.5. The van der Waals surface area contributed by atoms with Gasteiger partial charge >= 0.3 is 5.97 Å². The number of benzene rings is 2. The van der Waals surface area contributed by atoms with Crippen LogP contribution in [0.2, 0.25) is 10.2 Å². The topological polar surface area (TPSA) is 121 Å². The van der Waals surface area contributed by atoms with Gasteiger partial charge in [0.05, 0.1) is 22.8 Å². The summed E-state index contributed by atoms with van der Waals surface area (Å²) in [6, 6.07) is 16.3. The first-order valence-electron chi connectivity index (χ1n) is 14.0. The summed E-state index contributed by atoms with van der Waals surface area (Å²) in [6.07, 6.45) is 6.36. The van der Waals surface area contributed by atoms with E-state index in [2.05, 4.69) is 15.6 Å². The van der Waals surface area contributed by atoms with Crippen molar-refractivity contribution in [3.8, 4) is 5.75 Å². The van der Waals surface area contributed by atoms with Gasteiger partial charge in [0, 0.05) is 24.5 Å². The number of carboxylic acids is 1. The van der Waals surface area contributed by atoms with Crippen LogP contribution < -0.4 is 19.7 Å². The molecule has 1 aromatic heterocycles. The van der Waals surface area contributed by atoms with Crippen LogP contribution in [0.15, 0.2) is 65.7 Å². The van der Waals surface area contributed by atoms with Gasteiger partial charge in [0.15, 0.2) is 0 Å². The van der Waals surface area contributed by atoms with Crippen LogP contribution in [0.5, 0.6) is 5.75 Å². The molecule has 1 unspecified atom stereocenters. The maximum atomic E-state index is 13.2. The van der Waals surface area contributed by atoms with Gasteiger partial charge in [0.25, 0.3) is 10.0 Å². The number of hydrogen-bond acceptors (Lipinski definition) is 7. The third kappa shape index (κ3) is 8.35. The highest BCUT2D eigenvalue weighted by atomic mass is 35.5. The van der Waals surface area contributed by atoms with E-state index in [0.717, 1.165) is 37.1 Å². The van der Waals surface area contributed by atoms with E-state index in [0.29, 0.717) is 47.0 Å². The van der Waals surface area contributed by atoms with Crippen molar-refractivity contribution >= 4 is 44.9 Å². The second-order valence-corrected chi connectivity index (χ2v) is 13.0. The fraction of sp³-hybridized carbons (Fsp3) is 0.400. The van der Waals surface area contributed by atoms with Crippen molar-refractivity contribution in [3.05, 3.63) is 82.1 Å². The standard InChI is InChI=1S/C21H25ClN2O4S.C9H11ClN2O/c1-24-18-9-6-5-8-16(18)21(23-13-7-3-2-4-10-20(25)26)17-12-11-15(22)14-19(17)29(24,27)28;10-9-2-1-8(5-12-9)13-6-7-3-4-11-7/h5-6,8-9,11-12,14,21,23H,2-4,7,10,13H2,1H3,(H,25,26);1-2,5,7,11H,3-4,6H2/t;7-/m.1/s1. The minimum absolute atomic E-state index is 0.196. The first-order chi connectivity index (χ1) is 20.2. The fourth-order valence-electron chi connectivity index (χ4n) is 4.79. The summed E-state index contributed by atoms with van der Waals surface area (Å²) in [4.78, 5) is 14.7. The third-order valence-electron chi connectivity index (χ3n) is 7.26. The predicted octanol–water partition coefficient (Wildman–Crippen LogP) is 5.67.